The first-order valence-electron chi connectivity index (χ1n) is 41.7. The van der Waals surface area contributed by atoms with E-state index in [2.05, 4.69) is 180 Å². The van der Waals surface area contributed by atoms with Gasteiger partial charge in [0.2, 0.25) is 23.6 Å². The lowest BCUT2D eigenvalue weighted by atomic mass is 9.88. The van der Waals surface area contributed by atoms with Crippen LogP contribution in [-0.4, -0.2) is 177 Å². The van der Waals surface area contributed by atoms with Crippen molar-refractivity contribution in [3.05, 3.63) is 219 Å². The van der Waals surface area contributed by atoms with E-state index < -0.39 is 0 Å². The fraction of sp³-hybridized carbons (Fsp3) is 0.398. The molecule has 15 rings (SSSR count). The van der Waals surface area contributed by atoms with Crippen molar-refractivity contribution in [1.29, 1.82) is 0 Å². The summed E-state index contributed by atoms with van der Waals surface area (Å²) in [6.07, 6.45) is 34.8. The Morgan fingerprint density at radius 1 is 0.415 bits per heavy atom. The van der Waals surface area contributed by atoms with Crippen molar-refractivity contribution in [3.8, 4) is 45.0 Å². The van der Waals surface area contributed by atoms with Gasteiger partial charge in [-0.25, -0.2) is 24.3 Å². The second kappa shape index (κ2) is 41.6. The van der Waals surface area contributed by atoms with Crippen molar-refractivity contribution in [2.24, 2.45) is 35.5 Å². The van der Waals surface area contributed by atoms with Crippen LogP contribution in [0.15, 0.2) is 202 Å². The number of rotatable bonds is 32. The number of halogens is 1. The topological polar surface area (TPSA) is 267 Å². The van der Waals surface area contributed by atoms with Crippen LogP contribution in [0.25, 0.3) is 89.2 Å². The predicted octanol–water partition coefficient (Wildman–Crippen LogP) is 17.3. The van der Waals surface area contributed by atoms with Gasteiger partial charge < -0.3 is 37.9 Å². The minimum Gasteiger partial charge on any atom is -0.346 e. The zero-order valence-electron chi connectivity index (χ0n) is 70.0. The number of amides is 4. The Hall–Kier alpha value is -12.2. The molecule has 4 atom stereocenters. The Kier molecular flexibility index (Phi) is 30.1. The molecule has 12 heterocycles. The highest BCUT2D eigenvalue weighted by Crippen LogP contribution is 2.30. The molecular weight excluding hydrogens is 1480 g/mol. The Balaban J connectivity index is 0.000000145. The molecule has 4 unspecified atom stereocenters. The molecule has 1 fully saturated rings. The molecule has 24 nitrogen and oxygen atoms in total. The van der Waals surface area contributed by atoms with Gasteiger partial charge in [0.05, 0.1) is 98.1 Å². The predicted molar refractivity (Wildman–Crippen MR) is 466 cm³/mol. The first kappa shape index (κ1) is 85.2. The number of likely N-dealkylation sites (N-methyl/N-ethyl adjacent to an activating group) is 1. The molecule has 25 heteroatoms. The number of benzene rings is 2. The van der Waals surface area contributed by atoms with Crippen LogP contribution in [0.4, 0.5) is 4.39 Å². The summed E-state index contributed by atoms with van der Waals surface area (Å²) in [6.45, 7) is 19.8. The van der Waals surface area contributed by atoms with Crippen molar-refractivity contribution >= 4 is 67.8 Å². The van der Waals surface area contributed by atoms with E-state index in [0.717, 1.165) is 180 Å². The summed E-state index contributed by atoms with van der Waals surface area (Å²) < 4.78 is 22.3. The molecule has 4 amide bonds. The Morgan fingerprint density at radius 3 is 1.13 bits per heavy atom. The Morgan fingerprint density at radius 2 is 0.771 bits per heavy atom. The molecule has 0 aliphatic heterocycles. The number of hydrogen-bond donors (Lipinski definition) is 4. The minimum absolute atomic E-state index is 0.000176. The smallest absolute Gasteiger partial charge is 0.226 e. The largest absolute Gasteiger partial charge is 0.346 e. The van der Waals surface area contributed by atoms with Gasteiger partial charge in [-0.3, -0.25) is 39.6 Å². The van der Waals surface area contributed by atoms with Gasteiger partial charge in [-0.15, -0.1) is 0 Å². The number of fused-ring (bicyclic) bond motifs is 4. The monoisotopic (exact) mass is 1590 g/mol. The molecule has 618 valence electrons. The molecule has 0 radical (unpaired) electrons. The lowest BCUT2D eigenvalue weighted by Crippen LogP contribution is -2.35. The molecule has 14 aromatic rings. The molecular formula is C93H115FN20O4. The van der Waals surface area contributed by atoms with E-state index in [-0.39, 0.29) is 35.9 Å². The third-order valence-electron chi connectivity index (χ3n) is 22.4. The average Bonchev–Trinajstić information content (AvgIpc) is 1.68. The van der Waals surface area contributed by atoms with Gasteiger partial charge >= 0.3 is 0 Å². The van der Waals surface area contributed by atoms with Crippen molar-refractivity contribution in [2.75, 3.05) is 54.4 Å². The summed E-state index contributed by atoms with van der Waals surface area (Å²) in [7, 11) is 7.59. The maximum Gasteiger partial charge on any atom is 0.226 e. The lowest BCUT2D eigenvalue weighted by Gasteiger charge is -2.27. The SMILES string of the molecule is CC(C)CC(=O)N(C)CCC(C)Cn1ccc2nc(-c3cn[nH]c3)ccc21.CC(CCN(C)C(=O)C1CCCCC1)Cn1ccc2nc(-c3cn[nH]c3)ccc21.CC(CCN(C)C(=O)CCc1ccccc1)Cn1ccc2nc(-c3cn[nH]c3)ccc21.CC(CCN(C)C(=O)Cc1cccc(F)c1)Cn1ccc2nc(-c3cn[nH]c3)ccc21. The molecule has 118 heavy (non-hydrogen) atoms. The van der Waals surface area contributed by atoms with E-state index in [1.54, 1.807) is 48.9 Å². The molecule has 2 aromatic carbocycles. The van der Waals surface area contributed by atoms with Crippen molar-refractivity contribution in [1.82, 2.24) is 98.6 Å². The van der Waals surface area contributed by atoms with Crippen LogP contribution in [0.3, 0.4) is 0 Å². The number of nitrogens with one attached hydrogen (secondary N) is 4. The molecule has 0 saturated heterocycles. The maximum atomic E-state index is 13.3. The number of carbonyl (C=O) groups excluding carboxylic acids is 4. The lowest BCUT2D eigenvalue weighted by molar-refractivity contribution is -0.135. The Labute approximate surface area is 691 Å². The number of aromatic amines is 4. The van der Waals surface area contributed by atoms with Crippen LogP contribution < -0.4 is 0 Å². The van der Waals surface area contributed by atoms with E-state index in [0.29, 0.717) is 60.4 Å². The van der Waals surface area contributed by atoms with Crippen LogP contribution in [0.5, 0.6) is 0 Å². The third-order valence-corrected chi connectivity index (χ3v) is 22.4. The van der Waals surface area contributed by atoms with Gasteiger partial charge in [0.1, 0.15) is 5.82 Å². The standard InChI is InChI=1S/C25H29N5O.C24H26FN5O.C23H31N5O.C21H29N5O/c1-19(12-14-29(2)25(31)11-8-20-6-4-3-5-7-20)18-30-15-13-23-24(30)10-9-22(28-23)21-16-26-27-17-21;1-17(8-10-29(2)24(31)13-18-4-3-5-20(25)12-18)16-30-11-9-22-23(30)7-6-21(28-22)19-14-26-27-15-19;1-17(10-12-27(2)23(29)18-6-4-3-5-7-18)16-28-13-11-21-22(28)9-8-20(26-21)19-14-24-25-15-19;1-15(2)11-21(27)25(4)9-7-16(3)14-26-10-8-19-20(26)6-5-18(24-19)17-12-22-23-13-17/h3-7,9-10,13,15-17,19H,8,11-12,14,18H2,1-2H3,(H,26,27);3-7,9,11-12,14-15,17H,8,10,13,16H2,1-2H3,(H,26,27);8-9,11,13-15,17-18H,3-7,10,12,16H2,1-2H3,(H,24,25);5-6,8,10,12-13,15-16H,7,9,11,14H2,1-4H3,(H,22,23). The highest BCUT2D eigenvalue weighted by Gasteiger charge is 2.25. The van der Waals surface area contributed by atoms with E-state index in [4.69, 9.17) is 19.9 Å². The maximum absolute atomic E-state index is 13.3. The highest BCUT2D eigenvalue weighted by molar-refractivity contribution is 5.83. The van der Waals surface area contributed by atoms with Crippen LogP contribution in [0.2, 0.25) is 0 Å². The molecule has 1 aliphatic carbocycles. The third kappa shape index (κ3) is 23.8. The number of H-pyrrole nitrogens is 4. The summed E-state index contributed by atoms with van der Waals surface area (Å²) >= 11 is 0. The molecule has 4 N–H and O–H groups in total. The van der Waals surface area contributed by atoms with Crippen molar-refractivity contribution < 1.29 is 23.6 Å². The number of nitrogens with zero attached hydrogens (tertiary/aromatic N) is 16. The summed E-state index contributed by atoms with van der Waals surface area (Å²) in [5, 5.41) is 27.3. The quantitative estimate of drug-likeness (QED) is 0.0307. The number of pyridine rings is 4. The highest BCUT2D eigenvalue weighted by atomic mass is 19.1. The van der Waals surface area contributed by atoms with Gasteiger partial charge in [-0.05, 0) is 171 Å². The Bertz CT molecular complexity index is 5450. The number of carbonyl (C=O) groups is 4. The normalized spacial score (nSPS) is 13.3. The molecule has 0 spiro atoms. The number of aryl methyl sites for hydroxylation is 1. The molecule has 1 saturated carbocycles. The summed E-state index contributed by atoms with van der Waals surface area (Å²) in [6, 6.07) is 41.2. The first-order chi connectivity index (χ1) is 57.1. The van der Waals surface area contributed by atoms with Crippen LogP contribution in [0.1, 0.15) is 123 Å². The summed E-state index contributed by atoms with van der Waals surface area (Å²) in [5.41, 5.74) is 18.0. The zero-order valence-corrected chi connectivity index (χ0v) is 70.0. The van der Waals surface area contributed by atoms with E-state index >= 15 is 0 Å². The van der Waals surface area contributed by atoms with Crippen LogP contribution >= 0.6 is 0 Å². The van der Waals surface area contributed by atoms with E-state index in [1.165, 1.54) is 37.0 Å². The minimum atomic E-state index is -0.313. The second-order valence-electron chi connectivity index (χ2n) is 32.7. The number of hydrogen-bond acceptors (Lipinski definition) is 12. The summed E-state index contributed by atoms with van der Waals surface area (Å²) in [5.74, 6) is 2.94. The number of aromatic nitrogens is 16. The first-order valence-corrected chi connectivity index (χ1v) is 41.7. The van der Waals surface area contributed by atoms with Gasteiger partial charge in [0, 0.05) is 171 Å². The van der Waals surface area contributed by atoms with E-state index in [1.807, 2.05) is 109 Å². The molecule has 12 aromatic heterocycles. The van der Waals surface area contributed by atoms with Gasteiger partial charge in [0.15, 0.2) is 0 Å². The van der Waals surface area contributed by atoms with Crippen LogP contribution in [-0.2, 0) is 58.2 Å². The fourth-order valence-corrected chi connectivity index (χ4v) is 15.2. The van der Waals surface area contributed by atoms with Crippen LogP contribution in [0, 0.1) is 41.3 Å². The van der Waals surface area contributed by atoms with Gasteiger partial charge in [0.25, 0.3) is 0 Å². The fourth-order valence-electron chi connectivity index (χ4n) is 15.2. The molecule has 1 aliphatic rings. The molecule has 0 bridgehead atoms. The van der Waals surface area contributed by atoms with Gasteiger partial charge in [-0.1, -0.05) is 103 Å². The average molecular weight is 1600 g/mol. The van der Waals surface area contributed by atoms with Crippen molar-refractivity contribution in [3.63, 3.8) is 0 Å². The van der Waals surface area contributed by atoms with Gasteiger partial charge in [-0.2, -0.15) is 20.4 Å². The van der Waals surface area contributed by atoms with Crippen molar-refractivity contribution in [2.45, 2.75) is 151 Å². The van der Waals surface area contributed by atoms with E-state index in [9.17, 15) is 23.6 Å². The zero-order chi connectivity index (χ0) is 83.0. The second-order valence-corrected chi connectivity index (χ2v) is 32.7. The summed E-state index contributed by atoms with van der Waals surface area (Å²) in [4.78, 5) is 76.0.